The Bertz CT molecular complexity index is 1080. The zero-order valence-electron chi connectivity index (χ0n) is 18.0. The predicted molar refractivity (Wildman–Crippen MR) is 123 cm³/mol. The van der Waals surface area contributed by atoms with Gasteiger partial charge < -0.3 is 20.1 Å². The zero-order valence-corrected chi connectivity index (χ0v) is 18.0. The smallest absolute Gasteiger partial charge is 0.254 e. The number of ether oxygens (including phenoxy) is 1. The van der Waals surface area contributed by atoms with Gasteiger partial charge in [0.25, 0.3) is 5.91 Å². The van der Waals surface area contributed by atoms with E-state index in [0.29, 0.717) is 30.9 Å². The minimum absolute atomic E-state index is 0.0160. The SMILES string of the molecule is O=C(NCc1ccc(OCCO)cc1)[C@@H]1CCCN(C(=O)c2cccc3ccccc23)C1. The van der Waals surface area contributed by atoms with Crippen LogP contribution in [0.5, 0.6) is 5.75 Å². The van der Waals surface area contributed by atoms with E-state index in [1.54, 1.807) is 0 Å². The molecule has 1 aliphatic heterocycles. The summed E-state index contributed by atoms with van der Waals surface area (Å²) in [5.41, 5.74) is 1.65. The molecule has 4 rings (SSSR count). The molecule has 1 atom stereocenters. The van der Waals surface area contributed by atoms with Crippen LogP contribution in [0.1, 0.15) is 28.8 Å². The topological polar surface area (TPSA) is 78.9 Å². The molecule has 0 spiro atoms. The highest BCUT2D eigenvalue weighted by Gasteiger charge is 2.29. The molecule has 6 nitrogen and oxygen atoms in total. The average molecular weight is 433 g/mol. The summed E-state index contributed by atoms with van der Waals surface area (Å²) in [6.45, 7) is 1.75. The van der Waals surface area contributed by atoms with Crippen LogP contribution in [-0.4, -0.2) is 48.1 Å². The first-order valence-electron chi connectivity index (χ1n) is 11.0. The standard InChI is InChI=1S/C26H28N2O4/c29-15-16-32-22-12-10-19(11-13-22)17-27-25(30)21-7-4-14-28(18-21)26(31)24-9-3-6-20-5-1-2-8-23(20)24/h1-3,5-6,8-13,21,29H,4,7,14-18H2,(H,27,30)/t21-/m1/s1. The van der Waals surface area contributed by atoms with Gasteiger partial charge in [0.15, 0.2) is 0 Å². The number of nitrogens with one attached hydrogen (secondary N) is 1. The number of benzene rings is 3. The van der Waals surface area contributed by atoms with Gasteiger partial charge in [0.1, 0.15) is 12.4 Å². The van der Waals surface area contributed by atoms with Gasteiger partial charge in [-0.15, -0.1) is 0 Å². The maximum atomic E-state index is 13.2. The quantitative estimate of drug-likeness (QED) is 0.600. The van der Waals surface area contributed by atoms with Crippen LogP contribution in [0.2, 0.25) is 0 Å². The highest BCUT2D eigenvalue weighted by Crippen LogP contribution is 2.24. The zero-order chi connectivity index (χ0) is 22.3. The van der Waals surface area contributed by atoms with Crippen LogP contribution >= 0.6 is 0 Å². The minimum Gasteiger partial charge on any atom is -0.491 e. The fraction of sp³-hybridized carbons (Fsp3) is 0.308. The summed E-state index contributed by atoms with van der Waals surface area (Å²) in [6.07, 6.45) is 1.59. The Morgan fingerprint density at radius 3 is 2.62 bits per heavy atom. The second-order valence-corrected chi connectivity index (χ2v) is 8.05. The van der Waals surface area contributed by atoms with Crippen molar-refractivity contribution in [3.63, 3.8) is 0 Å². The van der Waals surface area contributed by atoms with Crippen LogP contribution in [0.4, 0.5) is 0 Å². The molecule has 0 aromatic heterocycles. The number of hydrogen-bond donors (Lipinski definition) is 2. The molecule has 2 N–H and O–H groups in total. The third kappa shape index (κ3) is 5.08. The second-order valence-electron chi connectivity index (χ2n) is 8.05. The monoisotopic (exact) mass is 432 g/mol. The number of fused-ring (bicyclic) bond motifs is 1. The van der Waals surface area contributed by atoms with Gasteiger partial charge in [0, 0.05) is 25.2 Å². The summed E-state index contributed by atoms with van der Waals surface area (Å²) in [6, 6.07) is 21.1. The first-order chi connectivity index (χ1) is 15.7. The Labute approximate surface area is 187 Å². The molecule has 3 aromatic carbocycles. The molecule has 1 saturated heterocycles. The summed E-state index contributed by atoms with van der Waals surface area (Å²) in [4.78, 5) is 27.8. The second kappa shape index (κ2) is 10.3. The number of carbonyl (C=O) groups excluding carboxylic acids is 2. The fourth-order valence-electron chi connectivity index (χ4n) is 4.16. The highest BCUT2D eigenvalue weighted by atomic mass is 16.5. The Balaban J connectivity index is 1.36. The molecule has 6 heteroatoms. The van der Waals surface area contributed by atoms with Crippen LogP contribution in [0, 0.1) is 5.92 Å². The van der Waals surface area contributed by atoms with Gasteiger partial charge in [-0.05, 0) is 47.4 Å². The van der Waals surface area contributed by atoms with E-state index in [0.717, 1.165) is 29.2 Å². The number of likely N-dealkylation sites (tertiary alicyclic amines) is 1. The van der Waals surface area contributed by atoms with E-state index < -0.39 is 0 Å². The van der Waals surface area contributed by atoms with Crippen molar-refractivity contribution in [1.82, 2.24) is 10.2 Å². The van der Waals surface area contributed by atoms with Crippen LogP contribution in [-0.2, 0) is 11.3 Å². The minimum atomic E-state index is -0.213. The van der Waals surface area contributed by atoms with Gasteiger partial charge in [-0.25, -0.2) is 0 Å². The highest BCUT2D eigenvalue weighted by molar-refractivity contribution is 6.07. The van der Waals surface area contributed by atoms with Crippen molar-refractivity contribution in [2.24, 2.45) is 5.92 Å². The van der Waals surface area contributed by atoms with E-state index in [4.69, 9.17) is 9.84 Å². The van der Waals surface area contributed by atoms with Gasteiger partial charge in [0.2, 0.25) is 5.91 Å². The van der Waals surface area contributed by atoms with Gasteiger partial charge in [-0.3, -0.25) is 9.59 Å². The van der Waals surface area contributed by atoms with Crippen molar-refractivity contribution in [2.75, 3.05) is 26.3 Å². The lowest BCUT2D eigenvalue weighted by Gasteiger charge is -2.32. The predicted octanol–water partition coefficient (Wildman–Crippen LogP) is 3.38. The molecule has 1 fully saturated rings. The summed E-state index contributed by atoms with van der Waals surface area (Å²) in [5, 5.41) is 13.8. The van der Waals surface area contributed by atoms with E-state index in [-0.39, 0.29) is 30.9 Å². The Hall–Kier alpha value is -3.38. The molecule has 3 aromatic rings. The number of amides is 2. The van der Waals surface area contributed by atoms with Gasteiger partial charge in [-0.1, -0.05) is 48.5 Å². The molecule has 1 heterocycles. The Morgan fingerprint density at radius 1 is 1.03 bits per heavy atom. The first-order valence-corrected chi connectivity index (χ1v) is 11.0. The molecular weight excluding hydrogens is 404 g/mol. The number of aliphatic hydroxyl groups excluding tert-OH is 1. The van der Waals surface area contributed by atoms with Gasteiger partial charge >= 0.3 is 0 Å². The van der Waals surface area contributed by atoms with E-state index in [9.17, 15) is 9.59 Å². The van der Waals surface area contributed by atoms with Crippen molar-refractivity contribution >= 4 is 22.6 Å². The van der Waals surface area contributed by atoms with E-state index in [1.807, 2.05) is 71.6 Å². The van der Waals surface area contributed by atoms with Crippen LogP contribution in [0.25, 0.3) is 10.8 Å². The number of rotatable bonds is 7. The number of nitrogens with zero attached hydrogens (tertiary/aromatic N) is 1. The normalized spacial score (nSPS) is 16.0. The molecule has 0 bridgehead atoms. The summed E-state index contributed by atoms with van der Waals surface area (Å²) in [7, 11) is 0. The maximum Gasteiger partial charge on any atom is 0.254 e. The number of aliphatic hydroxyl groups is 1. The van der Waals surface area contributed by atoms with Crippen molar-refractivity contribution in [3.05, 3.63) is 77.9 Å². The molecule has 1 aliphatic rings. The largest absolute Gasteiger partial charge is 0.491 e. The maximum absolute atomic E-state index is 13.2. The van der Waals surface area contributed by atoms with Gasteiger partial charge in [0.05, 0.1) is 12.5 Å². The van der Waals surface area contributed by atoms with Crippen LogP contribution in [0.3, 0.4) is 0 Å². The van der Waals surface area contributed by atoms with E-state index in [1.165, 1.54) is 0 Å². The lowest BCUT2D eigenvalue weighted by atomic mass is 9.95. The Morgan fingerprint density at radius 2 is 1.81 bits per heavy atom. The van der Waals surface area contributed by atoms with Crippen molar-refractivity contribution in [3.8, 4) is 5.75 Å². The summed E-state index contributed by atoms with van der Waals surface area (Å²) >= 11 is 0. The lowest BCUT2D eigenvalue weighted by molar-refractivity contribution is -0.126. The average Bonchev–Trinajstić information content (AvgIpc) is 2.86. The lowest BCUT2D eigenvalue weighted by Crippen LogP contribution is -2.45. The summed E-state index contributed by atoms with van der Waals surface area (Å²) < 4.78 is 5.35. The third-order valence-corrected chi connectivity index (χ3v) is 5.85. The molecule has 32 heavy (non-hydrogen) atoms. The Kier molecular flexibility index (Phi) is 7.02. The third-order valence-electron chi connectivity index (χ3n) is 5.85. The van der Waals surface area contributed by atoms with Crippen LogP contribution < -0.4 is 10.1 Å². The van der Waals surface area contributed by atoms with Gasteiger partial charge in [-0.2, -0.15) is 0 Å². The van der Waals surface area contributed by atoms with Crippen molar-refractivity contribution in [1.29, 1.82) is 0 Å². The fourth-order valence-corrected chi connectivity index (χ4v) is 4.16. The number of piperidine rings is 1. The molecule has 0 unspecified atom stereocenters. The van der Waals surface area contributed by atoms with E-state index >= 15 is 0 Å². The number of hydrogen-bond acceptors (Lipinski definition) is 4. The molecule has 2 amide bonds. The van der Waals surface area contributed by atoms with Crippen molar-refractivity contribution < 1.29 is 19.4 Å². The molecule has 0 aliphatic carbocycles. The number of carbonyl (C=O) groups is 2. The van der Waals surface area contributed by atoms with Crippen LogP contribution in [0.15, 0.2) is 66.7 Å². The first kappa shape index (κ1) is 21.8. The van der Waals surface area contributed by atoms with E-state index in [2.05, 4.69) is 5.32 Å². The molecular formula is C26H28N2O4. The molecule has 0 radical (unpaired) electrons. The molecule has 166 valence electrons. The van der Waals surface area contributed by atoms with Crippen molar-refractivity contribution in [2.45, 2.75) is 19.4 Å². The summed E-state index contributed by atoms with van der Waals surface area (Å²) in [5.74, 6) is 0.428. The molecule has 0 saturated carbocycles.